The number of imidazole rings is 1. The number of aryl methyl sites for hydroxylation is 1. The van der Waals surface area contributed by atoms with Crippen LogP contribution >= 0.6 is 0 Å². The molecule has 30 heavy (non-hydrogen) atoms. The topological polar surface area (TPSA) is 92.1 Å². The summed E-state index contributed by atoms with van der Waals surface area (Å²) in [6.07, 6.45) is 2.72. The van der Waals surface area contributed by atoms with Crippen molar-refractivity contribution in [2.45, 2.75) is 53.2 Å². The third kappa shape index (κ3) is 4.38. The Kier molecular flexibility index (Phi) is 6.26. The van der Waals surface area contributed by atoms with Gasteiger partial charge in [0.05, 0.1) is 5.69 Å². The maximum Gasteiger partial charge on any atom is 0.272 e. The summed E-state index contributed by atoms with van der Waals surface area (Å²) in [4.78, 5) is 37.1. The van der Waals surface area contributed by atoms with Crippen LogP contribution in [0.15, 0.2) is 18.3 Å². The van der Waals surface area contributed by atoms with Crippen molar-refractivity contribution in [3.05, 3.63) is 35.4 Å². The maximum atomic E-state index is 13.3. The normalized spacial score (nSPS) is 15.8. The van der Waals surface area contributed by atoms with Crippen molar-refractivity contribution in [3.63, 3.8) is 0 Å². The van der Waals surface area contributed by atoms with E-state index in [-0.39, 0.29) is 11.8 Å². The number of carbonyl (C=O) groups is 2. The lowest BCUT2D eigenvalue weighted by molar-refractivity contribution is -0.124. The van der Waals surface area contributed by atoms with Crippen LogP contribution < -0.4 is 10.6 Å². The van der Waals surface area contributed by atoms with Crippen molar-refractivity contribution in [2.75, 3.05) is 20.6 Å². The number of hydrogen-bond acceptors (Lipinski definition) is 5. The Morgan fingerprint density at radius 3 is 2.60 bits per heavy atom. The summed E-state index contributed by atoms with van der Waals surface area (Å²) in [6.45, 7) is 10.1. The van der Waals surface area contributed by atoms with Crippen LogP contribution in [0.4, 0.5) is 0 Å². The fourth-order valence-electron chi connectivity index (χ4n) is 3.85. The van der Waals surface area contributed by atoms with Crippen molar-refractivity contribution in [2.24, 2.45) is 5.41 Å². The zero-order valence-electron chi connectivity index (χ0n) is 18.7. The smallest absolute Gasteiger partial charge is 0.272 e. The summed E-state index contributed by atoms with van der Waals surface area (Å²) in [5, 5.41) is 5.58. The SMILES string of the molecule is CNC(=O)C(NC(=O)c1nc(-c2cccnc2C)n2c1CN(C)CCC2)C(C)(C)C. The van der Waals surface area contributed by atoms with Gasteiger partial charge >= 0.3 is 0 Å². The summed E-state index contributed by atoms with van der Waals surface area (Å²) in [5.41, 5.74) is 2.59. The summed E-state index contributed by atoms with van der Waals surface area (Å²) < 4.78 is 2.13. The van der Waals surface area contributed by atoms with Gasteiger partial charge in [-0.3, -0.25) is 14.6 Å². The van der Waals surface area contributed by atoms with Crippen molar-refractivity contribution < 1.29 is 9.59 Å². The first-order valence-corrected chi connectivity index (χ1v) is 10.4. The standard InChI is InChI=1S/C22H32N6O2/c1-14-15(9-7-10-24-14)19-25-17(16-13-27(6)11-8-12-28(16)19)20(29)26-18(21(30)23-5)22(2,3)4/h7,9-10,18H,8,11-13H2,1-6H3,(H,23,30)(H,26,29). The molecular weight excluding hydrogens is 380 g/mol. The van der Waals surface area contributed by atoms with E-state index >= 15 is 0 Å². The molecule has 0 saturated carbocycles. The number of rotatable bonds is 4. The number of hydrogen-bond donors (Lipinski definition) is 2. The van der Waals surface area contributed by atoms with Crippen molar-refractivity contribution in [1.82, 2.24) is 30.1 Å². The van der Waals surface area contributed by atoms with E-state index in [1.165, 1.54) is 0 Å². The summed E-state index contributed by atoms with van der Waals surface area (Å²) >= 11 is 0. The third-order valence-electron chi connectivity index (χ3n) is 5.53. The number of nitrogens with one attached hydrogen (secondary N) is 2. The van der Waals surface area contributed by atoms with Gasteiger partial charge in [0.25, 0.3) is 5.91 Å². The van der Waals surface area contributed by atoms with E-state index in [1.54, 1.807) is 13.2 Å². The number of nitrogens with zero attached hydrogens (tertiary/aromatic N) is 4. The number of carbonyl (C=O) groups excluding carboxylic acids is 2. The molecular formula is C22H32N6O2. The molecule has 0 fully saturated rings. The Morgan fingerprint density at radius 2 is 1.97 bits per heavy atom. The number of likely N-dealkylation sites (N-methyl/N-ethyl adjacent to an activating group) is 1. The summed E-state index contributed by atoms with van der Waals surface area (Å²) in [7, 11) is 3.62. The molecule has 1 atom stereocenters. The second kappa shape index (κ2) is 8.55. The van der Waals surface area contributed by atoms with Crippen molar-refractivity contribution in [1.29, 1.82) is 0 Å². The molecule has 3 rings (SSSR count). The highest BCUT2D eigenvalue weighted by atomic mass is 16.2. The highest BCUT2D eigenvalue weighted by molar-refractivity contribution is 5.97. The van der Waals surface area contributed by atoms with E-state index in [1.807, 2.05) is 46.9 Å². The lowest BCUT2D eigenvalue weighted by atomic mass is 9.86. The number of pyridine rings is 1. The Balaban J connectivity index is 2.07. The lowest BCUT2D eigenvalue weighted by Crippen LogP contribution is -2.53. The Bertz CT molecular complexity index is 944. The largest absolute Gasteiger partial charge is 0.357 e. The second-order valence-corrected chi connectivity index (χ2v) is 9.00. The Morgan fingerprint density at radius 1 is 1.23 bits per heavy atom. The van der Waals surface area contributed by atoms with Crippen LogP contribution in [0.1, 0.15) is 49.1 Å². The first-order chi connectivity index (χ1) is 14.1. The molecule has 0 spiro atoms. The fourth-order valence-corrected chi connectivity index (χ4v) is 3.85. The molecule has 1 unspecified atom stereocenters. The van der Waals surface area contributed by atoms with E-state index in [2.05, 4.69) is 25.1 Å². The molecule has 2 N–H and O–H groups in total. The first-order valence-electron chi connectivity index (χ1n) is 10.4. The molecule has 2 aromatic rings. The minimum absolute atomic E-state index is 0.221. The van der Waals surface area contributed by atoms with E-state index in [0.29, 0.717) is 12.2 Å². The molecule has 1 aliphatic heterocycles. The van der Waals surface area contributed by atoms with Gasteiger partial charge in [-0.2, -0.15) is 0 Å². The quantitative estimate of drug-likeness (QED) is 0.801. The fraction of sp³-hybridized carbons (Fsp3) is 0.545. The van der Waals surface area contributed by atoms with Crippen LogP contribution in [-0.2, 0) is 17.9 Å². The van der Waals surface area contributed by atoms with Crippen LogP contribution in [0.3, 0.4) is 0 Å². The molecule has 2 aromatic heterocycles. The number of amides is 2. The average molecular weight is 413 g/mol. The van der Waals surface area contributed by atoms with Gasteiger partial charge in [-0.1, -0.05) is 20.8 Å². The van der Waals surface area contributed by atoms with Crippen LogP contribution in [0.25, 0.3) is 11.4 Å². The van der Waals surface area contributed by atoms with E-state index in [9.17, 15) is 9.59 Å². The van der Waals surface area contributed by atoms with E-state index in [0.717, 1.165) is 42.3 Å². The van der Waals surface area contributed by atoms with Crippen LogP contribution in [0.2, 0.25) is 0 Å². The molecule has 1 aliphatic rings. The third-order valence-corrected chi connectivity index (χ3v) is 5.53. The first kappa shape index (κ1) is 22.0. The average Bonchev–Trinajstić information content (AvgIpc) is 2.91. The lowest BCUT2D eigenvalue weighted by Gasteiger charge is -2.29. The van der Waals surface area contributed by atoms with Crippen LogP contribution in [0.5, 0.6) is 0 Å². The monoisotopic (exact) mass is 412 g/mol. The summed E-state index contributed by atoms with van der Waals surface area (Å²) in [6, 6.07) is 3.20. The zero-order valence-corrected chi connectivity index (χ0v) is 18.7. The molecule has 3 heterocycles. The summed E-state index contributed by atoms with van der Waals surface area (Å²) in [5.74, 6) is 0.204. The van der Waals surface area contributed by atoms with Gasteiger partial charge in [-0.25, -0.2) is 4.98 Å². The van der Waals surface area contributed by atoms with Crippen molar-refractivity contribution >= 4 is 11.8 Å². The number of fused-ring (bicyclic) bond motifs is 1. The molecule has 162 valence electrons. The molecule has 0 aromatic carbocycles. The van der Waals surface area contributed by atoms with E-state index < -0.39 is 11.5 Å². The zero-order chi connectivity index (χ0) is 22.1. The highest BCUT2D eigenvalue weighted by Gasteiger charge is 2.34. The molecule has 0 aliphatic carbocycles. The minimum atomic E-state index is -0.667. The molecule has 0 bridgehead atoms. The van der Waals surface area contributed by atoms with Crippen LogP contribution in [-0.4, -0.2) is 57.9 Å². The predicted molar refractivity (Wildman–Crippen MR) is 116 cm³/mol. The van der Waals surface area contributed by atoms with Gasteiger partial charge in [0.15, 0.2) is 5.69 Å². The molecule has 8 nitrogen and oxygen atoms in total. The van der Waals surface area contributed by atoms with Gasteiger partial charge in [-0.05, 0) is 44.5 Å². The van der Waals surface area contributed by atoms with E-state index in [4.69, 9.17) is 4.98 Å². The molecule has 8 heteroatoms. The van der Waals surface area contributed by atoms with Gasteiger partial charge in [-0.15, -0.1) is 0 Å². The van der Waals surface area contributed by atoms with Gasteiger partial charge in [0, 0.05) is 37.6 Å². The maximum absolute atomic E-state index is 13.3. The van der Waals surface area contributed by atoms with Gasteiger partial charge in [0.2, 0.25) is 5.91 Å². The second-order valence-electron chi connectivity index (χ2n) is 9.00. The number of aromatic nitrogens is 3. The van der Waals surface area contributed by atoms with Gasteiger partial charge < -0.3 is 20.1 Å². The minimum Gasteiger partial charge on any atom is -0.357 e. The molecule has 0 saturated heterocycles. The molecule has 0 radical (unpaired) electrons. The highest BCUT2D eigenvalue weighted by Crippen LogP contribution is 2.28. The Hall–Kier alpha value is -2.74. The Labute approximate surface area is 178 Å². The van der Waals surface area contributed by atoms with Crippen LogP contribution in [0, 0.1) is 12.3 Å². The molecule has 2 amide bonds. The van der Waals surface area contributed by atoms with Gasteiger partial charge in [0.1, 0.15) is 11.9 Å². The predicted octanol–water partition coefficient (Wildman–Crippen LogP) is 1.98. The van der Waals surface area contributed by atoms with Crippen molar-refractivity contribution in [3.8, 4) is 11.4 Å².